The Labute approximate surface area is 103 Å². The molecule has 0 fully saturated rings. The number of aromatic amines is 1. The average Bonchev–Trinajstić information content (AvgIpc) is 2.78. The van der Waals surface area contributed by atoms with Gasteiger partial charge in [-0.2, -0.15) is 10.1 Å². The molecule has 0 aliphatic carbocycles. The Kier molecular flexibility index (Phi) is 3.38. The number of halogens is 1. The molecule has 7 nitrogen and oxygen atoms in total. The van der Waals surface area contributed by atoms with Crippen molar-refractivity contribution < 1.29 is 0 Å². The Morgan fingerprint density at radius 3 is 3.00 bits per heavy atom. The zero-order chi connectivity index (χ0) is 12.3. The third kappa shape index (κ3) is 2.82. The van der Waals surface area contributed by atoms with Gasteiger partial charge in [-0.25, -0.2) is 9.97 Å². The van der Waals surface area contributed by atoms with Crippen molar-refractivity contribution in [3.05, 3.63) is 23.1 Å². The summed E-state index contributed by atoms with van der Waals surface area (Å²) < 4.78 is 0. The van der Waals surface area contributed by atoms with Crippen LogP contribution in [0.25, 0.3) is 0 Å². The zero-order valence-corrected chi connectivity index (χ0v) is 9.99. The van der Waals surface area contributed by atoms with Gasteiger partial charge in [0.1, 0.15) is 12.2 Å². The van der Waals surface area contributed by atoms with Crippen molar-refractivity contribution in [1.29, 1.82) is 0 Å². The number of nitrogens with zero attached hydrogens (tertiary/aromatic N) is 4. The van der Waals surface area contributed by atoms with Gasteiger partial charge in [-0.1, -0.05) is 0 Å². The summed E-state index contributed by atoms with van der Waals surface area (Å²) in [5.41, 5.74) is 6.99. The second kappa shape index (κ2) is 4.96. The van der Waals surface area contributed by atoms with Crippen molar-refractivity contribution in [3.63, 3.8) is 0 Å². The molecule has 2 rings (SSSR count). The highest BCUT2D eigenvalue weighted by Crippen LogP contribution is 2.20. The molecule has 0 saturated carbocycles. The molecule has 0 saturated heterocycles. The molecule has 17 heavy (non-hydrogen) atoms. The maximum Gasteiger partial charge on any atom is 0.224 e. The highest BCUT2D eigenvalue weighted by atomic mass is 35.5. The number of H-pyrrole nitrogens is 1. The quantitative estimate of drug-likeness (QED) is 0.696. The number of aryl methyl sites for hydroxylation is 1. The molecule has 0 unspecified atom stereocenters. The van der Waals surface area contributed by atoms with Gasteiger partial charge in [0.15, 0.2) is 5.82 Å². The fourth-order valence-corrected chi connectivity index (χ4v) is 1.54. The first-order valence-corrected chi connectivity index (χ1v) is 5.42. The van der Waals surface area contributed by atoms with Gasteiger partial charge in [0.2, 0.25) is 5.28 Å². The van der Waals surface area contributed by atoms with E-state index in [1.807, 2.05) is 0 Å². The van der Waals surface area contributed by atoms with Crippen molar-refractivity contribution in [2.24, 2.45) is 0 Å². The lowest BCUT2D eigenvalue weighted by Gasteiger charge is -2.09. The fourth-order valence-electron chi connectivity index (χ4n) is 1.33. The molecule has 2 aromatic heterocycles. The van der Waals surface area contributed by atoms with Gasteiger partial charge in [-0.3, -0.25) is 5.10 Å². The monoisotopic (exact) mass is 253 g/mol. The maximum atomic E-state index is 5.83. The molecular weight excluding hydrogens is 242 g/mol. The summed E-state index contributed by atoms with van der Waals surface area (Å²) in [7, 11) is 0. The number of aromatic nitrogens is 5. The molecular formula is C9H12ClN7. The molecule has 2 heterocycles. The summed E-state index contributed by atoms with van der Waals surface area (Å²) in [6.07, 6.45) is 2.16. The molecule has 0 aromatic carbocycles. The molecule has 90 valence electrons. The topological polar surface area (TPSA) is 105 Å². The minimum absolute atomic E-state index is 0.180. The van der Waals surface area contributed by atoms with Gasteiger partial charge in [0.05, 0.1) is 11.4 Å². The van der Waals surface area contributed by atoms with Gasteiger partial charge >= 0.3 is 0 Å². The van der Waals surface area contributed by atoms with E-state index < -0.39 is 0 Å². The summed E-state index contributed by atoms with van der Waals surface area (Å²) in [5.74, 6) is 1.34. The molecule has 0 aliphatic rings. The molecule has 2 aromatic rings. The van der Waals surface area contributed by atoms with E-state index in [0.29, 0.717) is 30.2 Å². The van der Waals surface area contributed by atoms with Crippen molar-refractivity contribution in [3.8, 4) is 0 Å². The van der Waals surface area contributed by atoms with E-state index in [2.05, 4.69) is 30.5 Å². The second-order valence-electron chi connectivity index (χ2n) is 3.45. The molecule has 0 atom stereocenters. The lowest BCUT2D eigenvalue weighted by atomic mass is 10.3. The minimum atomic E-state index is 0.180. The number of hydrogen-bond donors (Lipinski definition) is 3. The smallest absolute Gasteiger partial charge is 0.224 e. The number of nitrogen functional groups attached to an aromatic ring is 1. The first kappa shape index (κ1) is 11.6. The van der Waals surface area contributed by atoms with E-state index in [9.17, 15) is 0 Å². The lowest BCUT2D eigenvalue weighted by Crippen LogP contribution is -2.11. The third-order valence-electron chi connectivity index (χ3n) is 2.23. The van der Waals surface area contributed by atoms with Crippen LogP contribution in [0.2, 0.25) is 5.28 Å². The van der Waals surface area contributed by atoms with Gasteiger partial charge in [0, 0.05) is 13.0 Å². The van der Waals surface area contributed by atoms with Crippen LogP contribution in [0.3, 0.4) is 0 Å². The maximum absolute atomic E-state index is 5.83. The molecule has 4 N–H and O–H groups in total. The fraction of sp³-hybridized carbons (Fsp3) is 0.333. The van der Waals surface area contributed by atoms with Crippen molar-refractivity contribution in [1.82, 2.24) is 25.1 Å². The summed E-state index contributed by atoms with van der Waals surface area (Å²) in [5, 5.41) is 9.79. The third-order valence-corrected chi connectivity index (χ3v) is 2.40. The van der Waals surface area contributed by atoms with Gasteiger partial charge < -0.3 is 11.1 Å². The first-order chi connectivity index (χ1) is 8.16. The minimum Gasteiger partial charge on any atom is -0.394 e. The van der Waals surface area contributed by atoms with Crippen molar-refractivity contribution >= 4 is 23.1 Å². The van der Waals surface area contributed by atoms with Crippen LogP contribution in [-0.2, 0) is 6.42 Å². The van der Waals surface area contributed by atoms with E-state index >= 15 is 0 Å². The number of nitrogens with two attached hydrogens (primary N) is 1. The van der Waals surface area contributed by atoms with Crippen LogP contribution in [0, 0.1) is 6.92 Å². The SMILES string of the molecule is Cc1nc(Cl)nc(NCCc2ncn[nH]2)c1N. The van der Waals surface area contributed by atoms with E-state index in [1.165, 1.54) is 6.33 Å². The highest BCUT2D eigenvalue weighted by Gasteiger charge is 2.07. The molecule has 8 heteroatoms. The average molecular weight is 254 g/mol. The summed E-state index contributed by atoms with van der Waals surface area (Å²) >= 11 is 5.75. The first-order valence-electron chi connectivity index (χ1n) is 5.04. The predicted octanol–water partition coefficient (Wildman–Crippen LogP) is 0.793. The summed E-state index contributed by atoms with van der Waals surface area (Å²) in [6.45, 7) is 2.41. The number of anilines is 2. The summed E-state index contributed by atoms with van der Waals surface area (Å²) in [4.78, 5) is 12.0. The van der Waals surface area contributed by atoms with Crippen molar-refractivity contribution in [2.45, 2.75) is 13.3 Å². The molecule has 0 radical (unpaired) electrons. The Balaban J connectivity index is 1.99. The van der Waals surface area contributed by atoms with Crippen LogP contribution in [0.1, 0.15) is 11.5 Å². The molecule has 0 aliphatic heterocycles. The van der Waals surface area contributed by atoms with Gasteiger partial charge in [-0.05, 0) is 18.5 Å². The lowest BCUT2D eigenvalue weighted by molar-refractivity contribution is 0.895. The number of hydrogen-bond acceptors (Lipinski definition) is 6. The number of rotatable bonds is 4. The largest absolute Gasteiger partial charge is 0.394 e. The standard InChI is InChI=1S/C9H12ClN7/c1-5-7(11)8(16-9(10)15-5)12-3-2-6-13-4-14-17-6/h4H,2-3,11H2,1H3,(H,12,15,16)(H,13,14,17). The highest BCUT2D eigenvalue weighted by molar-refractivity contribution is 6.28. The van der Waals surface area contributed by atoms with Gasteiger partial charge in [0.25, 0.3) is 0 Å². The number of nitrogens with one attached hydrogen (secondary N) is 2. The molecule has 0 bridgehead atoms. The Morgan fingerprint density at radius 1 is 1.47 bits per heavy atom. The molecule has 0 amide bonds. The van der Waals surface area contributed by atoms with E-state index in [4.69, 9.17) is 17.3 Å². The van der Waals surface area contributed by atoms with Crippen LogP contribution in [0.4, 0.5) is 11.5 Å². The Bertz CT molecular complexity index is 496. The zero-order valence-electron chi connectivity index (χ0n) is 9.24. The normalized spacial score (nSPS) is 10.5. The van der Waals surface area contributed by atoms with Gasteiger partial charge in [-0.15, -0.1) is 0 Å². The van der Waals surface area contributed by atoms with Crippen LogP contribution in [-0.4, -0.2) is 31.7 Å². The van der Waals surface area contributed by atoms with Crippen LogP contribution >= 0.6 is 11.6 Å². The second-order valence-corrected chi connectivity index (χ2v) is 3.79. The van der Waals surface area contributed by atoms with E-state index in [0.717, 1.165) is 5.82 Å². The van der Waals surface area contributed by atoms with E-state index in [-0.39, 0.29) is 5.28 Å². The Hall–Kier alpha value is -1.89. The van der Waals surface area contributed by atoms with Crippen LogP contribution in [0.15, 0.2) is 6.33 Å². The van der Waals surface area contributed by atoms with E-state index in [1.54, 1.807) is 6.92 Å². The Morgan fingerprint density at radius 2 is 2.29 bits per heavy atom. The van der Waals surface area contributed by atoms with Crippen LogP contribution in [0.5, 0.6) is 0 Å². The van der Waals surface area contributed by atoms with Crippen molar-refractivity contribution in [2.75, 3.05) is 17.6 Å². The predicted molar refractivity (Wildman–Crippen MR) is 64.8 cm³/mol. The van der Waals surface area contributed by atoms with Crippen LogP contribution < -0.4 is 11.1 Å². The molecule has 0 spiro atoms. The summed E-state index contributed by atoms with van der Waals surface area (Å²) in [6, 6.07) is 0.